The third-order valence-electron chi connectivity index (χ3n) is 5.75. The van der Waals surface area contributed by atoms with Crippen LogP contribution in [0.25, 0.3) is 11.0 Å². The lowest BCUT2D eigenvalue weighted by molar-refractivity contribution is 0.100. The van der Waals surface area contributed by atoms with Crippen molar-refractivity contribution in [1.82, 2.24) is 4.57 Å². The van der Waals surface area contributed by atoms with Gasteiger partial charge in [-0.3, -0.25) is 14.2 Å². The SMILES string of the molecule is Cc1c(C(=O)c2oc3ccc(Cl)cc3c2C)c(O)n(C(C)c2ccccc2)c(=O)c1C#N. The highest BCUT2D eigenvalue weighted by Gasteiger charge is 2.30. The summed E-state index contributed by atoms with van der Waals surface area (Å²) >= 11 is 6.08. The fourth-order valence-corrected chi connectivity index (χ4v) is 4.13. The van der Waals surface area contributed by atoms with E-state index >= 15 is 0 Å². The zero-order valence-corrected chi connectivity index (χ0v) is 18.4. The summed E-state index contributed by atoms with van der Waals surface area (Å²) in [7, 11) is 0. The van der Waals surface area contributed by atoms with Crippen LogP contribution in [-0.4, -0.2) is 15.5 Å². The van der Waals surface area contributed by atoms with Gasteiger partial charge in [-0.2, -0.15) is 5.26 Å². The molecule has 6 nitrogen and oxygen atoms in total. The second-order valence-corrected chi connectivity index (χ2v) is 8.03. The summed E-state index contributed by atoms with van der Waals surface area (Å²) in [4.78, 5) is 26.6. The van der Waals surface area contributed by atoms with E-state index in [1.54, 1.807) is 44.2 Å². The second kappa shape index (κ2) is 8.03. The van der Waals surface area contributed by atoms with Crippen molar-refractivity contribution in [3.05, 3.63) is 97.5 Å². The molecule has 0 bridgehead atoms. The number of rotatable bonds is 4. The van der Waals surface area contributed by atoms with Crippen molar-refractivity contribution < 1.29 is 14.3 Å². The highest BCUT2D eigenvalue weighted by Crippen LogP contribution is 2.33. The molecule has 0 aliphatic rings. The average molecular weight is 447 g/mol. The summed E-state index contributed by atoms with van der Waals surface area (Å²) in [5.41, 5.74) is 0.865. The predicted octanol–water partition coefficient (Wildman–Crippen LogP) is 5.28. The molecule has 1 atom stereocenters. The quantitative estimate of drug-likeness (QED) is 0.430. The maximum Gasteiger partial charge on any atom is 0.272 e. The molecule has 4 aromatic rings. The van der Waals surface area contributed by atoms with Crippen molar-refractivity contribution in [3.63, 3.8) is 0 Å². The number of nitrogens with zero attached hydrogens (tertiary/aromatic N) is 2. The minimum absolute atomic E-state index is 0.0159. The Balaban J connectivity index is 1.97. The summed E-state index contributed by atoms with van der Waals surface area (Å²) in [6.07, 6.45) is 0. The van der Waals surface area contributed by atoms with Crippen LogP contribution in [0.4, 0.5) is 0 Å². The van der Waals surface area contributed by atoms with Crippen LogP contribution in [0.5, 0.6) is 5.88 Å². The number of aryl methyl sites for hydroxylation is 1. The number of carbonyl (C=O) groups is 1. The minimum Gasteiger partial charge on any atom is -0.494 e. The zero-order valence-electron chi connectivity index (χ0n) is 17.6. The van der Waals surface area contributed by atoms with Crippen LogP contribution in [-0.2, 0) is 0 Å². The molecular weight excluding hydrogens is 428 g/mol. The van der Waals surface area contributed by atoms with Crippen LogP contribution in [0.3, 0.4) is 0 Å². The van der Waals surface area contributed by atoms with Crippen LogP contribution in [0, 0.1) is 25.2 Å². The van der Waals surface area contributed by atoms with Gasteiger partial charge in [-0.25, -0.2) is 0 Å². The number of aromatic nitrogens is 1. The summed E-state index contributed by atoms with van der Waals surface area (Å²) < 4.78 is 6.85. The number of hydrogen-bond donors (Lipinski definition) is 1. The van der Waals surface area contributed by atoms with Gasteiger partial charge in [-0.05, 0) is 50.1 Å². The lowest BCUT2D eigenvalue weighted by Crippen LogP contribution is -2.29. The van der Waals surface area contributed by atoms with E-state index in [9.17, 15) is 20.0 Å². The van der Waals surface area contributed by atoms with E-state index in [1.807, 2.05) is 24.3 Å². The van der Waals surface area contributed by atoms with Crippen LogP contribution >= 0.6 is 11.6 Å². The first-order valence-electron chi connectivity index (χ1n) is 9.92. The first kappa shape index (κ1) is 21.4. The molecular formula is C25H19ClN2O4. The normalized spacial score (nSPS) is 12.0. The molecule has 1 N–H and O–H groups in total. The number of carbonyl (C=O) groups excluding carboxylic acids is 1. The molecule has 32 heavy (non-hydrogen) atoms. The van der Waals surface area contributed by atoms with Gasteiger partial charge in [0.2, 0.25) is 11.7 Å². The molecule has 4 rings (SSSR count). The molecule has 2 aromatic carbocycles. The summed E-state index contributed by atoms with van der Waals surface area (Å²) in [6, 6.07) is 15.3. The molecule has 0 radical (unpaired) electrons. The van der Waals surface area contributed by atoms with Crippen molar-refractivity contribution in [2.75, 3.05) is 0 Å². The van der Waals surface area contributed by atoms with Crippen LogP contribution in [0.15, 0.2) is 57.7 Å². The fourth-order valence-electron chi connectivity index (χ4n) is 3.96. The van der Waals surface area contributed by atoms with E-state index in [0.717, 1.165) is 10.1 Å². The summed E-state index contributed by atoms with van der Waals surface area (Å²) in [5, 5.41) is 21.9. The van der Waals surface area contributed by atoms with E-state index in [2.05, 4.69) is 0 Å². The van der Waals surface area contributed by atoms with E-state index in [1.165, 1.54) is 6.92 Å². The molecule has 160 valence electrons. The van der Waals surface area contributed by atoms with Crippen molar-refractivity contribution in [1.29, 1.82) is 5.26 Å². The van der Waals surface area contributed by atoms with E-state index < -0.39 is 23.3 Å². The van der Waals surface area contributed by atoms with Gasteiger partial charge in [0, 0.05) is 16.0 Å². The Morgan fingerprint density at radius 3 is 2.50 bits per heavy atom. The van der Waals surface area contributed by atoms with Gasteiger partial charge in [0.1, 0.15) is 17.2 Å². The number of pyridine rings is 1. The number of nitriles is 1. The molecule has 0 spiro atoms. The average Bonchev–Trinajstić information content (AvgIpc) is 3.10. The van der Waals surface area contributed by atoms with Crippen LogP contribution in [0.1, 0.15) is 51.3 Å². The molecule has 2 heterocycles. The smallest absolute Gasteiger partial charge is 0.272 e. The monoisotopic (exact) mass is 446 g/mol. The summed E-state index contributed by atoms with van der Waals surface area (Å²) in [6.45, 7) is 4.91. The molecule has 0 aliphatic heterocycles. The fraction of sp³-hybridized carbons (Fsp3) is 0.160. The topological polar surface area (TPSA) is 96.2 Å². The van der Waals surface area contributed by atoms with Crippen molar-refractivity contribution >= 4 is 28.4 Å². The standard InChI is InChI=1S/C25H19ClN2O4/c1-13-19(12-27)24(30)28(15(3)16-7-5-4-6-8-16)25(31)21(13)22(29)23-14(2)18-11-17(26)9-10-20(18)32-23/h4-11,15,31H,1-3H3. The maximum atomic E-state index is 13.5. The second-order valence-electron chi connectivity index (χ2n) is 7.60. The third kappa shape index (κ3) is 3.28. The minimum atomic E-state index is -0.663. The molecule has 0 saturated carbocycles. The molecule has 2 aromatic heterocycles. The van der Waals surface area contributed by atoms with E-state index in [0.29, 0.717) is 21.6 Å². The highest BCUT2D eigenvalue weighted by molar-refractivity contribution is 6.31. The first-order chi connectivity index (χ1) is 15.3. The molecule has 0 aliphatic carbocycles. The molecule has 1 unspecified atom stereocenters. The largest absolute Gasteiger partial charge is 0.494 e. The van der Waals surface area contributed by atoms with Gasteiger partial charge >= 0.3 is 0 Å². The van der Waals surface area contributed by atoms with Crippen molar-refractivity contribution in [3.8, 4) is 11.9 Å². The maximum absolute atomic E-state index is 13.5. The number of halogens is 1. The molecule has 0 amide bonds. The Hall–Kier alpha value is -3.82. The van der Waals surface area contributed by atoms with Gasteiger partial charge in [0.05, 0.1) is 11.6 Å². The van der Waals surface area contributed by atoms with Crippen molar-refractivity contribution in [2.45, 2.75) is 26.8 Å². The Kier molecular flexibility index (Phi) is 5.37. The van der Waals surface area contributed by atoms with Crippen LogP contribution < -0.4 is 5.56 Å². The Morgan fingerprint density at radius 2 is 1.84 bits per heavy atom. The van der Waals surface area contributed by atoms with Gasteiger partial charge in [-0.1, -0.05) is 41.9 Å². The number of ketones is 1. The zero-order chi connectivity index (χ0) is 23.2. The Labute approximate surface area is 188 Å². The van der Waals surface area contributed by atoms with Crippen molar-refractivity contribution in [2.24, 2.45) is 0 Å². The van der Waals surface area contributed by atoms with Gasteiger partial charge in [0.15, 0.2) is 5.76 Å². The number of benzene rings is 2. The Bertz CT molecular complexity index is 1480. The van der Waals surface area contributed by atoms with E-state index in [4.69, 9.17) is 16.0 Å². The van der Waals surface area contributed by atoms with Crippen LogP contribution in [0.2, 0.25) is 5.02 Å². The lowest BCUT2D eigenvalue weighted by atomic mass is 9.97. The number of aromatic hydroxyl groups is 1. The number of fused-ring (bicyclic) bond motifs is 1. The van der Waals surface area contributed by atoms with Gasteiger partial charge < -0.3 is 9.52 Å². The number of hydrogen-bond acceptors (Lipinski definition) is 5. The predicted molar refractivity (Wildman–Crippen MR) is 121 cm³/mol. The third-order valence-corrected chi connectivity index (χ3v) is 5.98. The molecule has 0 fully saturated rings. The highest BCUT2D eigenvalue weighted by atomic mass is 35.5. The summed E-state index contributed by atoms with van der Waals surface area (Å²) in [5.74, 6) is -1.11. The van der Waals surface area contributed by atoms with Gasteiger partial charge in [-0.15, -0.1) is 0 Å². The van der Waals surface area contributed by atoms with Gasteiger partial charge in [0.25, 0.3) is 5.56 Å². The molecule has 7 heteroatoms. The lowest BCUT2D eigenvalue weighted by Gasteiger charge is -2.20. The van der Waals surface area contributed by atoms with E-state index in [-0.39, 0.29) is 22.5 Å². The first-order valence-corrected chi connectivity index (χ1v) is 10.3. The number of furan rings is 1. The Morgan fingerprint density at radius 1 is 1.16 bits per heavy atom. The molecule has 0 saturated heterocycles.